The SMILES string of the molecule is Cc1[nH]n(-c2ccccc2)c(=O)c1C1C(O)C(/C=C2/N(C)c3c(Cl)cc(Cl)cc3C2(C)C)C1O. The van der Waals surface area contributed by atoms with Gasteiger partial charge in [0, 0.05) is 46.3 Å². The summed E-state index contributed by atoms with van der Waals surface area (Å²) in [6.07, 6.45) is 0.107. The number of aryl methyl sites for hydroxylation is 1. The maximum absolute atomic E-state index is 13.2. The fourth-order valence-electron chi connectivity index (χ4n) is 5.55. The van der Waals surface area contributed by atoms with Gasteiger partial charge in [-0.3, -0.25) is 9.89 Å². The second-order valence-corrected chi connectivity index (χ2v) is 10.6. The van der Waals surface area contributed by atoms with Crippen LogP contribution < -0.4 is 10.5 Å². The highest BCUT2D eigenvalue weighted by Gasteiger charge is 2.52. The lowest BCUT2D eigenvalue weighted by molar-refractivity contribution is -0.0952. The van der Waals surface area contributed by atoms with Gasteiger partial charge in [-0.2, -0.15) is 0 Å². The minimum Gasteiger partial charge on any atom is -0.392 e. The maximum atomic E-state index is 13.2. The number of likely N-dealkylation sites (N-methyl/N-ethyl adjacent to an activating group) is 1. The zero-order chi connectivity index (χ0) is 24.5. The van der Waals surface area contributed by atoms with E-state index in [-0.39, 0.29) is 5.56 Å². The van der Waals surface area contributed by atoms with Crippen molar-refractivity contribution in [2.24, 2.45) is 5.92 Å². The van der Waals surface area contributed by atoms with E-state index in [1.54, 1.807) is 13.0 Å². The van der Waals surface area contributed by atoms with E-state index >= 15 is 0 Å². The number of hydrogen-bond acceptors (Lipinski definition) is 4. The molecule has 2 aromatic carbocycles. The summed E-state index contributed by atoms with van der Waals surface area (Å²) in [6, 6.07) is 12.9. The summed E-state index contributed by atoms with van der Waals surface area (Å²) in [4.78, 5) is 15.2. The van der Waals surface area contributed by atoms with Crippen LogP contribution in [-0.2, 0) is 5.41 Å². The van der Waals surface area contributed by atoms with Crippen molar-refractivity contribution in [2.75, 3.05) is 11.9 Å². The summed E-state index contributed by atoms with van der Waals surface area (Å²) in [5.74, 6) is -1.20. The molecular weight excluding hydrogens is 473 g/mol. The van der Waals surface area contributed by atoms with E-state index in [0.29, 0.717) is 27.0 Å². The van der Waals surface area contributed by atoms with Crippen molar-refractivity contribution < 1.29 is 10.2 Å². The van der Waals surface area contributed by atoms with Crippen LogP contribution in [0, 0.1) is 12.8 Å². The van der Waals surface area contributed by atoms with Crippen LogP contribution in [0.5, 0.6) is 0 Å². The number of hydrogen-bond donors (Lipinski definition) is 3. The first-order valence-electron chi connectivity index (χ1n) is 11.2. The van der Waals surface area contributed by atoms with Gasteiger partial charge >= 0.3 is 0 Å². The Labute approximate surface area is 208 Å². The molecule has 0 amide bonds. The average molecular weight is 500 g/mol. The normalized spacial score (nSPS) is 26.6. The molecule has 0 bridgehead atoms. The Bertz CT molecular complexity index is 1350. The monoisotopic (exact) mass is 499 g/mol. The highest BCUT2D eigenvalue weighted by atomic mass is 35.5. The summed E-state index contributed by atoms with van der Waals surface area (Å²) in [5.41, 5.74) is 3.84. The van der Waals surface area contributed by atoms with Crippen molar-refractivity contribution in [3.8, 4) is 5.69 Å². The Morgan fingerprint density at radius 3 is 2.38 bits per heavy atom. The molecule has 2 atom stereocenters. The predicted molar refractivity (Wildman–Crippen MR) is 135 cm³/mol. The average Bonchev–Trinajstić information content (AvgIpc) is 3.17. The highest BCUT2D eigenvalue weighted by Crippen LogP contribution is 2.53. The quantitative estimate of drug-likeness (QED) is 0.494. The Hall–Kier alpha value is -2.51. The van der Waals surface area contributed by atoms with Gasteiger partial charge < -0.3 is 15.1 Å². The van der Waals surface area contributed by atoms with E-state index < -0.39 is 29.5 Å². The molecule has 2 aliphatic rings. The van der Waals surface area contributed by atoms with Crippen LogP contribution in [-0.4, -0.2) is 39.2 Å². The summed E-state index contributed by atoms with van der Waals surface area (Å²) >= 11 is 12.8. The standard InChI is InChI=1S/C26H27Cl2N3O3/c1-13-20(25(34)31(29-13)15-8-6-5-7-9-15)21-23(32)16(24(21)33)12-19-26(2,3)17-10-14(27)11-18(28)22(17)30(19)4/h5-12,16,21,23-24,29,32-33H,1-4H3/b19-12+. The molecule has 0 spiro atoms. The zero-order valence-corrected chi connectivity index (χ0v) is 20.9. The molecule has 3 N–H and O–H groups in total. The second kappa shape index (κ2) is 8.02. The van der Waals surface area contributed by atoms with Gasteiger partial charge in [-0.05, 0) is 36.8 Å². The number of aromatic nitrogens is 2. The molecule has 2 unspecified atom stereocenters. The molecule has 0 saturated heterocycles. The van der Waals surface area contributed by atoms with Crippen molar-refractivity contribution in [3.05, 3.63) is 91.5 Å². The van der Waals surface area contributed by atoms with Gasteiger partial charge in [-0.25, -0.2) is 4.68 Å². The minimum atomic E-state index is -0.902. The van der Waals surface area contributed by atoms with Crippen LogP contribution in [0.3, 0.4) is 0 Å². The van der Waals surface area contributed by atoms with Gasteiger partial charge in [0.25, 0.3) is 5.56 Å². The van der Waals surface area contributed by atoms with Crippen LogP contribution in [0.15, 0.2) is 59.0 Å². The Morgan fingerprint density at radius 2 is 1.74 bits per heavy atom. The van der Waals surface area contributed by atoms with E-state index in [0.717, 1.165) is 16.9 Å². The molecule has 34 heavy (non-hydrogen) atoms. The summed E-state index contributed by atoms with van der Waals surface area (Å²) in [5, 5.41) is 26.4. The van der Waals surface area contributed by atoms with Crippen molar-refractivity contribution in [1.29, 1.82) is 0 Å². The topological polar surface area (TPSA) is 81.5 Å². The number of halogens is 2. The largest absolute Gasteiger partial charge is 0.392 e. The number of anilines is 1. The third kappa shape index (κ3) is 3.28. The molecule has 1 fully saturated rings. The van der Waals surface area contributed by atoms with Crippen LogP contribution in [0.4, 0.5) is 5.69 Å². The number of rotatable bonds is 3. The first-order chi connectivity index (χ1) is 16.0. The number of aromatic amines is 1. The molecule has 1 aliphatic carbocycles. The molecule has 5 rings (SSSR count). The number of benzene rings is 2. The highest BCUT2D eigenvalue weighted by molar-refractivity contribution is 6.37. The van der Waals surface area contributed by atoms with E-state index in [1.165, 1.54) is 4.68 Å². The van der Waals surface area contributed by atoms with Crippen LogP contribution in [0.1, 0.15) is 36.6 Å². The third-order valence-electron chi connectivity index (χ3n) is 7.38. The molecule has 6 nitrogen and oxygen atoms in total. The molecule has 0 radical (unpaired) electrons. The number of aliphatic hydroxyl groups is 2. The molecule has 1 saturated carbocycles. The van der Waals surface area contributed by atoms with E-state index in [4.69, 9.17) is 23.2 Å². The minimum absolute atomic E-state index is 0.259. The lowest BCUT2D eigenvalue weighted by Gasteiger charge is -2.45. The molecule has 3 aromatic rings. The van der Waals surface area contributed by atoms with Crippen molar-refractivity contribution in [3.63, 3.8) is 0 Å². The van der Waals surface area contributed by atoms with Crippen molar-refractivity contribution in [2.45, 2.75) is 44.3 Å². The molecule has 2 heterocycles. The van der Waals surface area contributed by atoms with Gasteiger partial charge in [-0.15, -0.1) is 0 Å². The Kier molecular flexibility index (Phi) is 5.48. The number of H-pyrrole nitrogens is 1. The molecule has 178 valence electrons. The number of nitrogens with zero attached hydrogens (tertiary/aromatic N) is 2. The first kappa shape index (κ1) is 23.2. The zero-order valence-electron chi connectivity index (χ0n) is 19.4. The van der Waals surface area contributed by atoms with Crippen molar-refractivity contribution >= 4 is 28.9 Å². The second-order valence-electron chi connectivity index (χ2n) is 9.73. The third-order valence-corrected chi connectivity index (χ3v) is 7.88. The van der Waals surface area contributed by atoms with Crippen LogP contribution in [0.25, 0.3) is 5.69 Å². The molecule has 1 aliphatic heterocycles. The van der Waals surface area contributed by atoms with Crippen LogP contribution >= 0.6 is 23.2 Å². The summed E-state index contributed by atoms with van der Waals surface area (Å²) < 4.78 is 1.45. The molecular formula is C26H27Cl2N3O3. The summed E-state index contributed by atoms with van der Waals surface area (Å²) in [6.45, 7) is 5.92. The van der Waals surface area contributed by atoms with Gasteiger partial charge in [0.15, 0.2) is 0 Å². The lowest BCUT2D eigenvalue weighted by Crippen LogP contribution is -2.54. The maximum Gasteiger partial charge on any atom is 0.275 e. The fourth-order valence-corrected chi connectivity index (χ4v) is 6.17. The predicted octanol–water partition coefficient (Wildman–Crippen LogP) is 4.53. The van der Waals surface area contributed by atoms with Crippen LogP contribution in [0.2, 0.25) is 10.0 Å². The van der Waals surface area contributed by atoms with E-state index in [2.05, 4.69) is 18.9 Å². The van der Waals surface area contributed by atoms with E-state index in [9.17, 15) is 15.0 Å². The number of fused-ring (bicyclic) bond motifs is 1. The Morgan fingerprint density at radius 1 is 1.09 bits per heavy atom. The van der Waals surface area contributed by atoms with Gasteiger partial charge in [-0.1, -0.05) is 61.3 Å². The van der Waals surface area contributed by atoms with Gasteiger partial charge in [0.05, 0.1) is 28.6 Å². The number of aliphatic hydroxyl groups excluding tert-OH is 2. The number of para-hydroxylation sites is 1. The van der Waals surface area contributed by atoms with Crippen molar-refractivity contribution in [1.82, 2.24) is 9.78 Å². The summed E-state index contributed by atoms with van der Waals surface area (Å²) in [7, 11) is 1.92. The molecule has 8 heteroatoms. The number of nitrogens with one attached hydrogen (secondary N) is 1. The van der Waals surface area contributed by atoms with Gasteiger partial charge in [0.1, 0.15) is 0 Å². The van der Waals surface area contributed by atoms with E-state index in [1.807, 2.05) is 54.4 Å². The smallest absolute Gasteiger partial charge is 0.275 e. The van der Waals surface area contributed by atoms with Gasteiger partial charge in [0.2, 0.25) is 0 Å². The fraction of sp³-hybridized carbons (Fsp3) is 0.346. The lowest BCUT2D eigenvalue weighted by atomic mass is 9.65. The number of allylic oxidation sites excluding steroid dienone is 1. The first-order valence-corrected chi connectivity index (χ1v) is 12.0. The Balaban J connectivity index is 1.48. The molecule has 1 aromatic heterocycles.